The second-order valence-electron chi connectivity index (χ2n) is 4.85. The van der Waals surface area contributed by atoms with Gasteiger partial charge < -0.3 is 4.74 Å². The third kappa shape index (κ3) is 5.52. The van der Waals surface area contributed by atoms with Gasteiger partial charge in [0, 0.05) is 5.02 Å². The zero-order valence-corrected chi connectivity index (χ0v) is 14.2. The molecule has 2 aromatic rings. The first-order valence-electron chi connectivity index (χ1n) is 6.78. The normalized spacial score (nSPS) is 11.4. The maximum Gasteiger partial charge on any atom is 0.154 e. The van der Waals surface area contributed by atoms with Crippen LogP contribution in [0.2, 0.25) is 10.0 Å². The lowest BCUT2D eigenvalue weighted by Gasteiger charge is -2.08. The smallest absolute Gasteiger partial charge is 0.154 e. The van der Waals surface area contributed by atoms with Gasteiger partial charge in [0.25, 0.3) is 0 Å². The summed E-state index contributed by atoms with van der Waals surface area (Å²) in [6, 6.07) is 14.1. The number of benzene rings is 2. The van der Waals surface area contributed by atoms with Gasteiger partial charge in [-0.1, -0.05) is 53.5 Å². The Morgan fingerprint density at radius 3 is 2.41 bits per heavy atom. The standard InChI is InChI=1S/C16H16Cl2O3S/c17-14-7-8-16(15(18)11-14)21-9-4-10-22(19,20)12-13-5-2-1-3-6-13/h1-3,5-8,11H,4,9-10,12H2. The fourth-order valence-corrected chi connectivity index (χ4v) is 3.82. The minimum atomic E-state index is -3.14. The highest BCUT2D eigenvalue weighted by Crippen LogP contribution is 2.27. The molecule has 0 N–H and O–H groups in total. The van der Waals surface area contributed by atoms with Gasteiger partial charge in [0.05, 0.1) is 23.1 Å². The SMILES string of the molecule is O=S(=O)(CCCOc1ccc(Cl)cc1Cl)Cc1ccccc1. The second kappa shape index (κ2) is 7.86. The molecule has 0 unspecified atom stereocenters. The van der Waals surface area contributed by atoms with E-state index < -0.39 is 9.84 Å². The predicted molar refractivity (Wildman–Crippen MR) is 90.5 cm³/mol. The Kier molecular flexibility index (Phi) is 6.12. The lowest BCUT2D eigenvalue weighted by atomic mass is 10.2. The van der Waals surface area contributed by atoms with Crippen molar-refractivity contribution in [3.8, 4) is 5.75 Å². The molecular weight excluding hydrogens is 343 g/mol. The number of hydrogen-bond donors (Lipinski definition) is 0. The van der Waals surface area contributed by atoms with Gasteiger partial charge in [-0.05, 0) is 30.2 Å². The van der Waals surface area contributed by atoms with Crippen LogP contribution in [0.5, 0.6) is 5.75 Å². The van der Waals surface area contributed by atoms with E-state index >= 15 is 0 Å². The molecule has 0 atom stereocenters. The molecule has 2 rings (SSSR count). The Morgan fingerprint density at radius 1 is 1.00 bits per heavy atom. The molecule has 0 radical (unpaired) electrons. The third-order valence-corrected chi connectivity index (χ3v) is 5.19. The van der Waals surface area contributed by atoms with E-state index in [1.54, 1.807) is 18.2 Å². The van der Waals surface area contributed by atoms with Crippen molar-refractivity contribution in [1.29, 1.82) is 0 Å². The number of hydrogen-bond acceptors (Lipinski definition) is 3. The topological polar surface area (TPSA) is 43.4 Å². The fraction of sp³-hybridized carbons (Fsp3) is 0.250. The summed E-state index contributed by atoms with van der Waals surface area (Å²) in [7, 11) is -3.14. The summed E-state index contributed by atoms with van der Waals surface area (Å²) >= 11 is 11.8. The van der Waals surface area contributed by atoms with Gasteiger partial charge in [0.2, 0.25) is 0 Å². The molecule has 0 spiro atoms. The molecule has 0 bridgehead atoms. The van der Waals surface area contributed by atoms with E-state index in [1.165, 1.54) is 0 Å². The quantitative estimate of drug-likeness (QED) is 0.689. The average molecular weight is 359 g/mol. The van der Waals surface area contributed by atoms with Crippen LogP contribution >= 0.6 is 23.2 Å². The Hall–Kier alpha value is -1.23. The van der Waals surface area contributed by atoms with Crippen LogP contribution in [0.15, 0.2) is 48.5 Å². The highest BCUT2D eigenvalue weighted by molar-refractivity contribution is 7.90. The lowest BCUT2D eigenvalue weighted by molar-refractivity contribution is 0.318. The van der Waals surface area contributed by atoms with Crippen molar-refractivity contribution in [3.05, 3.63) is 64.1 Å². The van der Waals surface area contributed by atoms with Crippen molar-refractivity contribution in [2.75, 3.05) is 12.4 Å². The van der Waals surface area contributed by atoms with Crippen LogP contribution in [0.4, 0.5) is 0 Å². The molecule has 0 heterocycles. The van der Waals surface area contributed by atoms with Crippen LogP contribution in [0.1, 0.15) is 12.0 Å². The molecule has 0 aliphatic rings. The van der Waals surface area contributed by atoms with E-state index in [0.717, 1.165) is 5.56 Å². The second-order valence-corrected chi connectivity index (χ2v) is 7.88. The number of sulfone groups is 1. The van der Waals surface area contributed by atoms with Crippen molar-refractivity contribution < 1.29 is 13.2 Å². The van der Waals surface area contributed by atoms with Crippen LogP contribution in [-0.2, 0) is 15.6 Å². The van der Waals surface area contributed by atoms with Crippen LogP contribution < -0.4 is 4.74 Å². The monoisotopic (exact) mass is 358 g/mol. The van der Waals surface area contributed by atoms with Crippen molar-refractivity contribution in [2.24, 2.45) is 0 Å². The van der Waals surface area contributed by atoms with Gasteiger partial charge in [0.1, 0.15) is 5.75 Å². The molecule has 3 nitrogen and oxygen atoms in total. The van der Waals surface area contributed by atoms with Crippen LogP contribution in [0, 0.1) is 0 Å². The number of ether oxygens (including phenoxy) is 1. The molecule has 0 saturated carbocycles. The highest BCUT2D eigenvalue weighted by Gasteiger charge is 2.12. The van der Waals surface area contributed by atoms with E-state index in [1.807, 2.05) is 30.3 Å². The van der Waals surface area contributed by atoms with Crippen molar-refractivity contribution >= 4 is 33.0 Å². The van der Waals surface area contributed by atoms with Crippen molar-refractivity contribution in [1.82, 2.24) is 0 Å². The largest absolute Gasteiger partial charge is 0.492 e. The van der Waals surface area contributed by atoms with Gasteiger partial charge in [0.15, 0.2) is 9.84 Å². The van der Waals surface area contributed by atoms with Crippen molar-refractivity contribution in [2.45, 2.75) is 12.2 Å². The first-order chi connectivity index (χ1) is 10.5. The first kappa shape index (κ1) is 17.1. The van der Waals surface area contributed by atoms with Gasteiger partial charge in [-0.3, -0.25) is 0 Å². The summed E-state index contributed by atoms with van der Waals surface area (Å²) in [5.41, 5.74) is 0.796. The van der Waals surface area contributed by atoms with Gasteiger partial charge in [-0.15, -0.1) is 0 Å². The predicted octanol–water partition coefficient (Wildman–Crippen LogP) is 4.38. The maximum atomic E-state index is 12.0. The van der Waals surface area contributed by atoms with Crippen molar-refractivity contribution in [3.63, 3.8) is 0 Å². The molecule has 0 aromatic heterocycles. The molecule has 6 heteroatoms. The Bertz CT molecular complexity index is 715. The van der Waals surface area contributed by atoms with Crippen LogP contribution in [0.25, 0.3) is 0 Å². The molecule has 118 valence electrons. The zero-order chi connectivity index (χ0) is 16.0. The summed E-state index contributed by atoms with van der Waals surface area (Å²) < 4.78 is 29.5. The lowest BCUT2D eigenvalue weighted by Crippen LogP contribution is -2.12. The third-order valence-electron chi connectivity index (χ3n) is 2.98. The summed E-state index contributed by atoms with van der Waals surface area (Å²) in [4.78, 5) is 0. The first-order valence-corrected chi connectivity index (χ1v) is 9.36. The van der Waals surface area contributed by atoms with Gasteiger partial charge in [-0.2, -0.15) is 0 Å². The van der Waals surface area contributed by atoms with Crippen LogP contribution in [-0.4, -0.2) is 20.8 Å². The fourth-order valence-electron chi connectivity index (χ4n) is 1.95. The van der Waals surface area contributed by atoms with Gasteiger partial charge in [-0.25, -0.2) is 8.42 Å². The highest BCUT2D eigenvalue weighted by atomic mass is 35.5. The van der Waals surface area contributed by atoms with E-state index in [-0.39, 0.29) is 18.1 Å². The summed E-state index contributed by atoms with van der Waals surface area (Å²) in [5, 5.41) is 0.947. The van der Waals surface area contributed by atoms with E-state index in [4.69, 9.17) is 27.9 Å². The van der Waals surface area contributed by atoms with Crippen LogP contribution in [0.3, 0.4) is 0 Å². The molecule has 0 aliphatic heterocycles. The molecule has 0 fully saturated rings. The molecule has 0 aliphatic carbocycles. The number of rotatable bonds is 7. The summed E-state index contributed by atoms with van der Waals surface area (Å²) in [6.07, 6.45) is 0.411. The van der Waals surface area contributed by atoms with E-state index in [9.17, 15) is 8.42 Å². The zero-order valence-electron chi connectivity index (χ0n) is 11.8. The van der Waals surface area contributed by atoms with Gasteiger partial charge >= 0.3 is 0 Å². The Labute approximate surface area is 140 Å². The molecule has 22 heavy (non-hydrogen) atoms. The Morgan fingerprint density at radius 2 is 1.73 bits per heavy atom. The molecule has 0 amide bonds. The molecule has 2 aromatic carbocycles. The minimum absolute atomic E-state index is 0.0511. The maximum absolute atomic E-state index is 12.0. The Balaban J connectivity index is 1.80. The van der Waals surface area contributed by atoms with E-state index in [0.29, 0.717) is 22.2 Å². The molecular formula is C16H16Cl2O3S. The average Bonchev–Trinajstić information content (AvgIpc) is 2.46. The summed E-state index contributed by atoms with van der Waals surface area (Å²) in [5.74, 6) is 0.634. The molecule has 0 saturated heterocycles. The minimum Gasteiger partial charge on any atom is -0.492 e. The number of halogens is 2. The van der Waals surface area contributed by atoms with E-state index in [2.05, 4.69) is 0 Å². The summed E-state index contributed by atoms with van der Waals surface area (Å²) in [6.45, 7) is 0.287.